The average molecular weight is 268 g/mol. The minimum Gasteiger partial charge on any atom is -0.474 e. The molecule has 0 aromatic heterocycles. The summed E-state index contributed by atoms with van der Waals surface area (Å²) in [4.78, 5) is 32.7. The predicted octanol–water partition coefficient (Wildman–Crippen LogP) is 0.369. The van der Waals surface area contributed by atoms with Gasteiger partial charge in [-0.15, -0.1) is 0 Å². The van der Waals surface area contributed by atoms with Crippen LogP contribution >= 0.6 is 12.6 Å². The molecule has 0 aliphatic rings. The van der Waals surface area contributed by atoms with Crippen molar-refractivity contribution >= 4 is 36.1 Å². The number of hydrogen-bond acceptors (Lipinski definition) is 4. The summed E-state index contributed by atoms with van der Waals surface area (Å²) >= 11 is 3.96. The molecule has 1 rings (SSSR count). The van der Waals surface area contributed by atoms with E-state index in [9.17, 15) is 14.4 Å². The number of carbonyl (C=O) groups is 3. The summed E-state index contributed by atoms with van der Waals surface area (Å²) in [5.41, 5.74) is 0.734. The number of aliphatic carboxylic acids is 1. The number of nitrogens with one attached hydrogen (secondary N) is 2. The van der Waals surface area contributed by atoms with Crippen molar-refractivity contribution in [2.75, 3.05) is 17.6 Å². The van der Waals surface area contributed by atoms with Crippen LogP contribution in [0.1, 0.15) is 10.4 Å². The molecular formula is C11H12N2O4S. The highest BCUT2D eigenvalue weighted by Crippen LogP contribution is 2.09. The van der Waals surface area contributed by atoms with Crippen LogP contribution in [0.4, 0.5) is 5.69 Å². The number of carbonyl (C=O) groups excluding carboxylic acids is 2. The zero-order valence-electron chi connectivity index (χ0n) is 9.34. The van der Waals surface area contributed by atoms with Crippen molar-refractivity contribution in [3.05, 3.63) is 29.8 Å². The first kappa shape index (κ1) is 14.0. The van der Waals surface area contributed by atoms with E-state index in [1.54, 1.807) is 0 Å². The number of anilines is 1. The number of rotatable bonds is 4. The first-order valence-corrected chi connectivity index (χ1v) is 5.71. The predicted molar refractivity (Wildman–Crippen MR) is 68.9 cm³/mol. The third kappa shape index (κ3) is 4.10. The van der Waals surface area contributed by atoms with Gasteiger partial charge in [0, 0.05) is 23.5 Å². The number of benzene rings is 1. The maximum atomic E-state index is 11.5. The van der Waals surface area contributed by atoms with E-state index in [4.69, 9.17) is 5.11 Å². The molecule has 1 aromatic carbocycles. The summed E-state index contributed by atoms with van der Waals surface area (Å²) in [6.45, 7) is 0.458. The molecule has 0 fully saturated rings. The summed E-state index contributed by atoms with van der Waals surface area (Å²) in [7, 11) is 0. The van der Waals surface area contributed by atoms with Gasteiger partial charge in [0.25, 0.3) is 5.91 Å². The molecule has 0 unspecified atom stereocenters. The fraction of sp³-hybridized carbons (Fsp3) is 0.182. The van der Waals surface area contributed by atoms with Crippen molar-refractivity contribution in [3.8, 4) is 0 Å². The third-order valence-corrected chi connectivity index (χ3v) is 2.22. The zero-order chi connectivity index (χ0) is 13.5. The second-order valence-corrected chi connectivity index (χ2v) is 3.76. The van der Waals surface area contributed by atoms with E-state index >= 15 is 0 Å². The van der Waals surface area contributed by atoms with Gasteiger partial charge in [0.2, 0.25) is 0 Å². The summed E-state index contributed by atoms with van der Waals surface area (Å²) in [5, 5.41) is 13.2. The molecule has 0 aliphatic heterocycles. The summed E-state index contributed by atoms with van der Waals surface area (Å²) in [5.74, 6) is -2.40. The van der Waals surface area contributed by atoms with Crippen LogP contribution in [0.15, 0.2) is 24.3 Å². The minimum atomic E-state index is -1.56. The van der Waals surface area contributed by atoms with Gasteiger partial charge < -0.3 is 15.7 Å². The van der Waals surface area contributed by atoms with Gasteiger partial charge in [-0.05, 0) is 24.3 Å². The molecule has 96 valence electrons. The quantitative estimate of drug-likeness (QED) is 0.468. The van der Waals surface area contributed by atoms with Crippen molar-refractivity contribution in [3.63, 3.8) is 0 Å². The van der Waals surface area contributed by atoms with Gasteiger partial charge in [-0.1, -0.05) is 0 Å². The van der Waals surface area contributed by atoms with Gasteiger partial charge in [0.1, 0.15) is 0 Å². The van der Waals surface area contributed by atoms with E-state index in [1.165, 1.54) is 24.3 Å². The largest absolute Gasteiger partial charge is 0.474 e. The van der Waals surface area contributed by atoms with Crippen molar-refractivity contribution in [1.29, 1.82) is 0 Å². The Hall–Kier alpha value is -2.02. The van der Waals surface area contributed by atoms with Gasteiger partial charge in [0.15, 0.2) is 0 Å². The van der Waals surface area contributed by atoms with Gasteiger partial charge in [0.05, 0.1) is 0 Å². The van der Waals surface area contributed by atoms with E-state index in [-0.39, 0.29) is 5.91 Å². The number of carboxylic acid groups (broad SMARTS) is 1. The molecule has 6 nitrogen and oxygen atoms in total. The Kier molecular flexibility index (Phi) is 5.19. The maximum Gasteiger partial charge on any atom is 0.394 e. The van der Waals surface area contributed by atoms with Crippen LogP contribution in [-0.2, 0) is 9.59 Å². The summed E-state index contributed by atoms with van der Waals surface area (Å²) in [6, 6.07) is 5.89. The highest BCUT2D eigenvalue weighted by atomic mass is 32.1. The van der Waals surface area contributed by atoms with Crippen LogP contribution < -0.4 is 10.6 Å². The highest BCUT2D eigenvalue weighted by molar-refractivity contribution is 7.80. The Morgan fingerprint density at radius 1 is 1.17 bits per heavy atom. The van der Waals surface area contributed by atoms with E-state index < -0.39 is 11.9 Å². The van der Waals surface area contributed by atoms with Gasteiger partial charge in [-0.25, -0.2) is 4.79 Å². The van der Waals surface area contributed by atoms with E-state index in [0.717, 1.165) is 0 Å². The standard InChI is InChI=1S/C11H12N2O4S/c14-9(12-5-6-18)7-1-3-8(4-2-7)13-10(15)11(16)17/h1-4,18H,5-6H2,(H,12,14)(H,13,15)(H,16,17). The molecule has 0 saturated heterocycles. The smallest absolute Gasteiger partial charge is 0.394 e. The molecule has 0 radical (unpaired) electrons. The van der Waals surface area contributed by atoms with Crippen LogP contribution in [0.5, 0.6) is 0 Å². The molecule has 0 bridgehead atoms. The lowest BCUT2D eigenvalue weighted by Gasteiger charge is -2.05. The molecule has 0 aliphatic carbocycles. The topological polar surface area (TPSA) is 95.5 Å². The molecule has 2 amide bonds. The van der Waals surface area contributed by atoms with Crippen LogP contribution in [0.25, 0.3) is 0 Å². The second kappa shape index (κ2) is 6.65. The van der Waals surface area contributed by atoms with Gasteiger partial charge in [-0.3, -0.25) is 9.59 Å². The summed E-state index contributed by atoms with van der Waals surface area (Å²) in [6.07, 6.45) is 0. The van der Waals surface area contributed by atoms with Gasteiger partial charge in [-0.2, -0.15) is 12.6 Å². The van der Waals surface area contributed by atoms with Gasteiger partial charge >= 0.3 is 11.9 Å². The lowest BCUT2D eigenvalue weighted by Crippen LogP contribution is -2.25. The Balaban J connectivity index is 2.65. The molecule has 1 aromatic rings. The normalized spacial score (nSPS) is 9.61. The monoisotopic (exact) mass is 268 g/mol. The lowest BCUT2D eigenvalue weighted by atomic mass is 10.2. The fourth-order valence-electron chi connectivity index (χ4n) is 1.16. The van der Waals surface area contributed by atoms with Crippen LogP contribution in [0.3, 0.4) is 0 Å². The minimum absolute atomic E-state index is 0.250. The van der Waals surface area contributed by atoms with Crippen LogP contribution in [0.2, 0.25) is 0 Å². The average Bonchev–Trinajstić information content (AvgIpc) is 2.36. The number of carboxylic acids is 1. The molecular weight excluding hydrogens is 256 g/mol. The highest BCUT2D eigenvalue weighted by Gasteiger charge is 2.11. The van der Waals surface area contributed by atoms with Crippen LogP contribution in [0, 0.1) is 0 Å². The molecule has 3 N–H and O–H groups in total. The zero-order valence-corrected chi connectivity index (χ0v) is 10.2. The van der Waals surface area contributed by atoms with Crippen molar-refractivity contribution in [2.24, 2.45) is 0 Å². The Morgan fingerprint density at radius 2 is 1.78 bits per heavy atom. The first-order chi connectivity index (χ1) is 8.54. The fourth-order valence-corrected chi connectivity index (χ4v) is 1.27. The molecule has 0 atom stereocenters. The second-order valence-electron chi connectivity index (χ2n) is 3.32. The lowest BCUT2D eigenvalue weighted by molar-refractivity contribution is -0.147. The number of hydrogen-bond donors (Lipinski definition) is 4. The maximum absolute atomic E-state index is 11.5. The van der Waals surface area contributed by atoms with Crippen molar-refractivity contribution < 1.29 is 19.5 Å². The van der Waals surface area contributed by atoms with E-state index in [0.29, 0.717) is 23.5 Å². The summed E-state index contributed by atoms with van der Waals surface area (Å²) < 4.78 is 0. The van der Waals surface area contributed by atoms with Crippen LogP contribution in [-0.4, -0.2) is 35.2 Å². The Morgan fingerprint density at radius 3 is 2.28 bits per heavy atom. The Bertz CT molecular complexity index is 459. The number of thiol groups is 1. The third-order valence-electron chi connectivity index (χ3n) is 2.00. The van der Waals surface area contributed by atoms with E-state index in [2.05, 4.69) is 23.3 Å². The van der Waals surface area contributed by atoms with E-state index in [1.807, 2.05) is 0 Å². The number of amides is 2. The SMILES string of the molecule is O=C(O)C(=O)Nc1ccc(C(=O)NCCS)cc1. The molecule has 0 heterocycles. The van der Waals surface area contributed by atoms with Crippen molar-refractivity contribution in [2.45, 2.75) is 0 Å². The molecule has 7 heteroatoms. The Labute approximate surface area is 109 Å². The molecule has 0 saturated carbocycles. The first-order valence-electron chi connectivity index (χ1n) is 5.08. The molecule has 0 spiro atoms. The molecule has 18 heavy (non-hydrogen) atoms. The van der Waals surface area contributed by atoms with Crippen molar-refractivity contribution in [1.82, 2.24) is 5.32 Å².